The molecule has 74 heavy (non-hydrogen) atoms. The molecule has 0 aromatic heterocycles. The molecule has 0 amide bonds. The Hall–Kier alpha value is -2.55. The van der Waals surface area contributed by atoms with Crippen molar-refractivity contribution in [3.8, 4) is 0 Å². The second-order valence-electron chi connectivity index (χ2n) is 21.7. The highest BCUT2D eigenvalue weighted by molar-refractivity contribution is 7.45. The van der Waals surface area contributed by atoms with E-state index in [2.05, 4.69) is 86.8 Å². The van der Waals surface area contributed by atoms with Gasteiger partial charge in [0.25, 0.3) is 7.82 Å². The third kappa shape index (κ3) is 58.7. The maximum absolute atomic E-state index is 12.8. The molecule has 0 N–H and O–H groups in total. The average Bonchev–Trinajstić information content (AvgIpc) is 3.36. The molecule has 0 aromatic carbocycles. The second-order valence-corrected chi connectivity index (χ2v) is 23.1. The van der Waals surface area contributed by atoms with Gasteiger partial charge in [0.2, 0.25) is 0 Å². The zero-order chi connectivity index (χ0) is 54.2. The topological polar surface area (TPSA) is 111 Å². The van der Waals surface area contributed by atoms with Gasteiger partial charge in [-0.2, -0.15) is 0 Å². The van der Waals surface area contributed by atoms with E-state index in [4.69, 9.17) is 18.5 Å². The van der Waals surface area contributed by atoms with Crippen molar-refractivity contribution >= 4 is 19.8 Å². The molecular formula is C64H116NO8P. The Morgan fingerprint density at radius 2 is 0.770 bits per heavy atom. The first kappa shape index (κ1) is 71.5. The Kier molecular flexibility index (Phi) is 53.3. The van der Waals surface area contributed by atoms with Crippen molar-refractivity contribution in [1.29, 1.82) is 0 Å². The molecule has 0 aliphatic heterocycles. The van der Waals surface area contributed by atoms with E-state index in [-0.39, 0.29) is 32.0 Å². The van der Waals surface area contributed by atoms with Gasteiger partial charge in [-0.3, -0.25) is 14.2 Å². The quantitative estimate of drug-likeness (QED) is 0.0195. The molecule has 0 aliphatic carbocycles. The fourth-order valence-corrected chi connectivity index (χ4v) is 9.23. The van der Waals surface area contributed by atoms with Gasteiger partial charge in [0.15, 0.2) is 6.10 Å². The summed E-state index contributed by atoms with van der Waals surface area (Å²) in [7, 11) is 1.17. The predicted octanol–water partition coefficient (Wildman–Crippen LogP) is 18.6. The van der Waals surface area contributed by atoms with Crippen molar-refractivity contribution in [2.75, 3.05) is 47.5 Å². The number of quaternary nitrogens is 1. The smallest absolute Gasteiger partial charge is 0.306 e. The molecule has 0 radical (unpaired) electrons. The van der Waals surface area contributed by atoms with Crippen LogP contribution in [-0.4, -0.2) is 70.0 Å². The SMILES string of the molecule is CC/C=C\C/C=C\C/C=C\C/C=C\CCCCCCCCCCCCCCCCCCCCCCC(=O)OC(COC(=O)CCCCCCCCC/C=C\C/C=C\CCCCC)COP(=O)([O-])OCC[N+](C)(C)C. The number of phosphoric ester groups is 1. The van der Waals surface area contributed by atoms with E-state index in [1.807, 2.05) is 21.1 Å². The molecule has 10 heteroatoms. The molecule has 0 saturated heterocycles. The summed E-state index contributed by atoms with van der Waals surface area (Å²) in [5, 5.41) is 0. The van der Waals surface area contributed by atoms with Gasteiger partial charge in [-0.1, -0.05) is 247 Å². The van der Waals surface area contributed by atoms with Gasteiger partial charge in [0.1, 0.15) is 19.8 Å². The van der Waals surface area contributed by atoms with Crippen LogP contribution in [0.15, 0.2) is 72.9 Å². The summed E-state index contributed by atoms with van der Waals surface area (Å²) < 4.78 is 34.2. The highest BCUT2D eigenvalue weighted by Gasteiger charge is 2.22. The summed E-state index contributed by atoms with van der Waals surface area (Å²) in [6.07, 6.45) is 72.5. The number of unbranched alkanes of at least 4 members (excludes halogenated alkanes) is 30. The summed E-state index contributed by atoms with van der Waals surface area (Å²) in [6, 6.07) is 0. The van der Waals surface area contributed by atoms with Crippen LogP contribution in [0.5, 0.6) is 0 Å². The van der Waals surface area contributed by atoms with Crippen LogP contribution < -0.4 is 4.89 Å². The normalized spacial score (nSPS) is 13.8. The number of nitrogens with zero attached hydrogens (tertiary/aromatic N) is 1. The first-order valence-corrected chi connectivity index (χ1v) is 32.1. The Labute approximate surface area is 457 Å². The van der Waals surface area contributed by atoms with Crippen LogP contribution in [0.2, 0.25) is 0 Å². The van der Waals surface area contributed by atoms with Crippen LogP contribution >= 0.6 is 7.82 Å². The molecule has 0 saturated carbocycles. The van der Waals surface area contributed by atoms with E-state index in [0.717, 1.165) is 83.5 Å². The molecule has 0 spiro atoms. The van der Waals surface area contributed by atoms with E-state index in [1.54, 1.807) is 0 Å². The second kappa shape index (κ2) is 55.2. The van der Waals surface area contributed by atoms with Crippen molar-refractivity contribution in [2.24, 2.45) is 0 Å². The van der Waals surface area contributed by atoms with Crippen LogP contribution in [0.1, 0.15) is 271 Å². The Morgan fingerprint density at radius 3 is 1.15 bits per heavy atom. The lowest BCUT2D eigenvalue weighted by atomic mass is 10.0. The molecular weight excluding hydrogens is 942 g/mol. The van der Waals surface area contributed by atoms with Crippen molar-refractivity contribution < 1.29 is 42.1 Å². The maximum Gasteiger partial charge on any atom is 0.306 e. The number of carbonyl (C=O) groups is 2. The minimum absolute atomic E-state index is 0.0328. The Bertz CT molecular complexity index is 1480. The van der Waals surface area contributed by atoms with Gasteiger partial charge in [0, 0.05) is 12.8 Å². The lowest BCUT2D eigenvalue weighted by molar-refractivity contribution is -0.870. The van der Waals surface area contributed by atoms with Crippen LogP contribution in [0.25, 0.3) is 0 Å². The van der Waals surface area contributed by atoms with Gasteiger partial charge in [0.05, 0.1) is 27.7 Å². The molecule has 2 atom stereocenters. The zero-order valence-corrected chi connectivity index (χ0v) is 49.7. The van der Waals surface area contributed by atoms with E-state index in [0.29, 0.717) is 17.4 Å². The highest BCUT2D eigenvalue weighted by Crippen LogP contribution is 2.38. The van der Waals surface area contributed by atoms with Crippen molar-refractivity contribution in [2.45, 2.75) is 277 Å². The van der Waals surface area contributed by atoms with Gasteiger partial charge in [-0.25, -0.2) is 0 Å². The molecule has 0 rings (SSSR count). The highest BCUT2D eigenvalue weighted by atomic mass is 31.2. The minimum atomic E-state index is -4.64. The lowest BCUT2D eigenvalue weighted by Crippen LogP contribution is -2.37. The average molecular weight is 1060 g/mol. The summed E-state index contributed by atoms with van der Waals surface area (Å²) in [5.74, 6) is -0.834. The van der Waals surface area contributed by atoms with E-state index >= 15 is 0 Å². The standard InChI is InChI=1S/C64H116NO8P/c1-6-8-10-12-14-16-18-20-22-24-25-26-27-28-29-30-31-32-33-34-35-36-37-38-39-41-43-45-47-49-51-53-55-57-64(67)73-62(61-72-74(68,69)71-59-58-65(3,4)5)60-70-63(66)56-54-52-50-48-46-44-42-40-23-21-19-17-15-13-11-9-7-2/h8,10,14-17,20-23,25-26,62H,6-7,9,11-13,18-19,24,27-61H2,1-5H3/b10-8-,16-14-,17-15-,22-20-,23-21-,26-25-. The number of esters is 2. The molecule has 9 nitrogen and oxygen atoms in total. The minimum Gasteiger partial charge on any atom is -0.756 e. The number of hydrogen-bond donors (Lipinski definition) is 0. The Morgan fingerprint density at radius 1 is 0.432 bits per heavy atom. The number of hydrogen-bond acceptors (Lipinski definition) is 8. The van der Waals surface area contributed by atoms with E-state index in [9.17, 15) is 19.0 Å². The van der Waals surface area contributed by atoms with Crippen molar-refractivity contribution in [1.82, 2.24) is 0 Å². The Balaban J connectivity index is 4.04. The number of likely N-dealkylation sites (N-methyl/N-ethyl adjacent to an activating group) is 1. The summed E-state index contributed by atoms with van der Waals surface area (Å²) in [6.45, 7) is 4.12. The largest absolute Gasteiger partial charge is 0.756 e. The van der Waals surface area contributed by atoms with Gasteiger partial charge < -0.3 is 27.9 Å². The van der Waals surface area contributed by atoms with Crippen LogP contribution in [0, 0.1) is 0 Å². The molecule has 0 aliphatic rings. The first-order valence-electron chi connectivity index (χ1n) is 30.6. The summed E-state index contributed by atoms with van der Waals surface area (Å²) in [5.41, 5.74) is 0. The zero-order valence-electron chi connectivity index (χ0n) is 48.8. The van der Waals surface area contributed by atoms with Gasteiger partial charge >= 0.3 is 11.9 Å². The fourth-order valence-electron chi connectivity index (χ4n) is 8.50. The van der Waals surface area contributed by atoms with E-state index in [1.165, 1.54) is 154 Å². The predicted molar refractivity (Wildman–Crippen MR) is 314 cm³/mol. The summed E-state index contributed by atoms with van der Waals surface area (Å²) >= 11 is 0. The molecule has 2 unspecified atom stereocenters. The number of allylic oxidation sites excluding steroid dienone is 12. The van der Waals surface area contributed by atoms with Crippen LogP contribution in [-0.2, 0) is 32.7 Å². The third-order valence-electron chi connectivity index (χ3n) is 13.2. The fraction of sp³-hybridized carbons (Fsp3) is 0.781. The van der Waals surface area contributed by atoms with Crippen LogP contribution in [0.4, 0.5) is 0 Å². The molecule has 0 aromatic rings. The van der Waals surface area contributed by atoms with Crippen LogP contribution in [0.3, 0.4) is 0 Å². The van der Waals surface area contributed by atoms with Gasteiger partial charge in [-0.15, -0.1) is 0 Å². The third-order valence-corrected chi connectivity index (χ3v) is 14.2. The first-order chi connectivity index (χ1) is 36.0. The monoisotopic (exact) mass is 1060 g/mol. The van der Waals surface area contributed by atoms with E-state index < -0.39 is 26.5 Å². The van der Waals surface area contributed by atoms with Crippen molar-refractivity contribution in [3.05, 3.63) is 72.9 Å². The molecule has 0 bridgehead atoms. The molecule has 0 fully saturated rings. The number of rotatable bonds is 56. The number of carbonyl (C=O) groups excluding carboxylic acids is 2. The summed E-state index contributed by atoms with van der Waals surface area (Å²) in [4.78, 5) is 37.9. The van der Waals surface area contributed by atoms with Crippen molar-refractivity contribution in [3.63, 3.8) is 0 Å². The lowest BCUT2D eigenvalue weighted by Gasteiger charge is -2.28. The molecule has 430 valence electrons. The van der Waals surface area contributed by atoms with Gasteiger partial charge in [-0.05, 0) is 83.5 Å². The molecule has 0 heterocycles. The maximum atomic E-state index is 12.8. The number of phosphoric acid groups is 1. The number of ether oxygens (including phenoxy) is 2.